The van der Waals surface area contributed by atoms with Gasteiger partial charge in [0.15, 0.2) is 0 Å². The van der Waals surface area contributed by atoms with Crippen LogP contribution in [0.5, 0.6) is 11.5 Å². The molecule has 3 aromatic rings. The van der Waals surface area contributed by atoms with Gasteiger partial charge in [0.1, 0.15) is 11.5 Å². The first-order valence-electron chi connectivity index (χ1n) is 9.95. The van der Waals surface area contributed by atoms with E-state index in [1.54, 1.807) is 26.4 Å². The van der Waals surface area contributed by atoms with Crippen molar-refractivity contribution in [2.24, 2.45) is 0 Å². The van der Waals surface area contributed by atoms with Crippen LogP contribution >= 0.6 is 0 Å². The van der Waals surface area contributed by atoms with Crippen LogP contribution in [0.1, 0.15) is 29.3 Å². The number of hydrogen-bond acceptors (Lipinski definition) is 5. The summed E-state index contributed by atoms with van der Waals surface area (Å²) >= 11 is 0. The van der Waals surface area contributed by atoms with Crippen LogP contribution in [0.4, 0.5) is 5.69 Å². The number of aromatic nitrogens is 1. The van der Waals surface area contributed by atoms with Crippen molar-refractivity contribution in [1.29, 1.82) is 0 Å². The van der Waals surface area contributed by atoms with Crippen molar-refractivity contribution >= 4 is 5.69 Å². The van der Waals surface area contributed by atoms with E-state index in [1.807, 2.05) is 30.3 Å². The molecule has 30 heavy (non-hydrogen) atoms. The molecule has 7 nitrogen and oxygen atoms in total. The van der Waals surface area contributed by atoms with Crippen molar-refractivity contribution in [3.63, 3.8) is 0 Å². The van der Waals surface area contributed by atoms with E-state index in [0.29, 0.717) is 6.54 Å². The Bertz CT molecular complexity index is 1030. The third-order valence-electron chi connectivity index (χ3n) is 5.64. The van der Waals surface area contributed by atoms with Gasteiger partial charge in [-0.3, -0.25) is 15.0 Å². The average molecular weight is 407 g/mol. The van der Waals surface area contributed by atoms with Gasteiger partial charge in [-0.15, -0.1) is 0 Å². The SMILES string of the molecule is COc1ccc(CN2CCCn3cccc3C2c2ccc([N+](=O)[O-])cc2)c(OC)c1. The smallest absolute Gasteiger partial charge is 0.269 e. The lowest BCUT2D eigenvalue weighted by Gasteiger charge is -2.31. The molecule has 4 rings (SSSR count). The summed E-state index contributed by atoms with van der Waals surface area (Å²) in [5, 5.41) is 11.1. The maximum absolute atomic E-state index is 11.1. The Hall–Kier alpha value is -3.32. The number of aryl methyl sites for hydroxylation is 1. The Morgan fingerprint density at radius 1 is 1.07 bits per heavy atom. The largest absolute Gasteiger partial charge is 0.497 e. The second-order valence-electron chi connectivity index (χ2n) is 7.38. The number of nitro groups is 1. The summed E-state index contributed by atoms with van der Waals surface area (Å²) in [6.45, 7) is 2.54. The van der Waals surface area contributed by atoms with Crippen molar-refractivity contribution < 1.29 is 14.4 Å². The first-order valence-corrected chi connectivity index (χ1v) is 9.95. The molecule has 1 atom stereocenters. The quantitative estimate of drug-likeness (QED) is 0.447. The number of non-ortho nitro benzene ring substituents is 1. The third-order valence-corrected chi connectivity index (χ3v) is 5.64. The van der Waals surface area contributed by atoms with Crippen LogP contribution in [-0.2, 0) is 13.1 Å². The van der Waals surface area contributed by atoms with Crippen molar-refractivity contribution in [2.75, 3.05) is 20.8 Å². The Kier molecular flexibility index (Phi) is 5.72. The lowest BCUT2D eigenvalue weighted by molar-refractivity contribution is -0.384. The summed E-state index contributed by atoms with van der Waals surface area (Å²) in [6.07, 6.45) is 3.12. The van der Waals surface area contributed by atoms with Crippen LogP contribution in [0.2, 0.25) is 0 Å². The van der Waals surface area contributed by atoms with E-state index in [9.17, 15) is 10.1 Å². The Morgan fingerprint density at radius 2 is 1.87 bits per heavy atom. The molecule has 0 amide bonds. The molecule has 0 aliphatic carbocycles. The van der Waals surface area contributed by atoms with Crippen molar-refractivity contribution in [3.05, 3.63) is 87.7 Å². The zero-order chi connectivity index (χ0) is 21.1. The van der Waals surface area contributed by atoms with Gasteiger partial charge in [0.2, 0.25) is 0 Å². The molecule has 1 aliphatic heterocycles. The van der Waals surface area contributed by atoms with E-state index in [1.165, 1.54) is 5.69 Å². The predicted octanol–water partition coefficient (Wildman–Crippen LogP) is 4.41. The summed E-state index contributed by atoms with van der Waals surface area (Å²) in [5.41, 5.74) is 3.40. The summed E-state index contributed by atoms with van der Waals surface area (Å²) in [6, 6.07) is 17.0. The molecule has 1 aromatic heterocycles. The molecule has 0 N–H and O–H groups in total. The molecule has 0 radical (unpaired) electrons. The van der Waals surface area contributed by atoms with Crippen LogP contribution in [0.25, 0.3) is 0 Å². The number of benzene rings is 2. The van der Waals surface area contributed by atoms with Gasteiger partial charge in [-0.05, 0) is 30.2 Å². The van der Waals surface area contributed by atoms with Gasteiger partial charge in [0.25, 0.3) is 5.69 Å². The lowest BCUT2D eigenvalue weighted by Crippen LogP contribution is -2.29. The lowest BCUT2D eigenvalue weighted by atomic mass is 10.0. The fourth-order valence-corrected chi connectivity index (χ4v) is 4.17. The van der Waals surface area contributed by atoms with Crippen molar-refractivity contribution in [1.82, 2.24) is 9.47 Å². The number of nitro benzene ring substituents is 1. The standard InChI is InChI=1S/C23H25N3O4/c1-29-20-11-8-18(22(15-20)30-2)16-25-14-4-13-24-12-3-5-21(24)23(25)17-6-9-19(10-7-17)26(27)28/h3,5-12,15,23H,4,13-14,16H2,1-2H3. The first-order chi connectivity index (χ1) is 14.6. The van der Waals surface area contributed by atoms with Crippen LogP contribution < -0.4 is 9.47 Å². The number of ether oxygens (including phenoxy) is 2. The van der Waals surface area contributed by atoms with Crippen molar-refractivity contribution in [2.45, 2.75) is 25.6 Å². The predicted molar refractivity (Wildman–Crippen MR) is 114 cm³/mol. The Morgan fingerprint density at radius 3 is 2.57 bits per heavy atom. The van der Waals surface area contributed by atoms with E-state index in [4.69, 9.17) is 9.47 Å². The van der Waals surface area contributed by atoms with Crippen LogP contribution in [0.15, 0.2) is 60.8 Å². The molecule has 2 heterocycles. The molecule has 0 fully saturated rings. The van der Waals surface area contributed by atoms with Crippen LogP contribution in [0.3, 0.4) is 0 Å². The van der Waals surface area contributed by atoms with Crippen LogP contribution in [-0.4, -0.2) is 35.2 Å². The van der Waals surface area contributed by atoms with E-state index in [0.717, 1.165) is 42.1 Å². The number of nitrogens with zero attached hydrogens (tertiary/aromatic N) is 3. The van der Waals surface area contributed by atoms with E-state index >= 15 is 0 Å². The number of fused-ring (bicyclic) bond motifs is 1. The highest BCUT2D eigenvalue weighted by atomic mass is 16.6. The molecular formula is C23H25N3O4. The molecule has 0 saturated carbocycles. The van der Waals surface area contributed by atoms with Gasteiger partial charge < -0.3 is 14.0 Å². The maximum Gasteiger partial charge on any atom is 0.269 e. The fourth-order valence-electron chi connectivity index (χ4n) is 4.17. The second-order valence-corrected chi connectivity index (χ2v) is 7.38. The highest BCUT2D eigenvalue weighted by Gasteiger charge is 2.28. The molecule has 156 valence electrons. The zero-order valence-corrected chi connectivity index (χ0v) is 17.2. The minimum Gasteiger partial charge on any atom is -0.497 e. The highest BCUT2D eigenvalue weighted by molar-refractivity contribution is 5.42. The first kappa shape index (κ1) is 20.0. The van der Waals surface area contributed by atoms with Crippen molar-refractivity contribution in [3.8, 4) is 11.5 Å². The molecule has 1 aliphatic rings. The van der Waals surface area contributed by atoms with E-state index < -0.39 is 0 Å². The molecule has 0 saturated heterocycles. The average Bonchev–Trinajstić information content (AvgIpc) is 3.15. The van der Waals surface area contributed by atoms with Gasteiger partial charge in [-0.25, -0.2) is 0 Å². The molecule has 2 aromatic carbocycles. The summed E-state index contributed by atoms with van der Waals surface area (Å²) in [4.78, 5) is 13.1. The van der Waals surface area contributed by atoms with Gasteiger partial charge in [0.05, 0.1) is 25.2 Å². The van der Waals surface area contributed by atoms with E-state index in [-0.39, 0.29) is 16.7 Å². The minimum atomic E-state index is -0.362. The van der Waals surface area contributed by atoms with Gasteiger partial charge in [-0.1, -0.05) is 18.2 Å². The van der Waals surface area contributed by atoms with Gasteiger partial charge in [0, 0.05) is 55.3 Å². The Labute approximate surface area is 175 Å². The highest BCUT2D eigenvalue weighted by Crippen LogP contribution is 2.35. The zero-order valence-electron chi connectivity index (χ0n) is 17.2. The monoisotopic (exact) mass is 407 g/mol. The molecule has 0 bridgehead atoms. The van der Waals surface area contributed by atoms with Gasteiger partial charge >= 0.3 is 0 Å². The van der Waals surface area contributed by atoms with E-state index in [2.05, 4.69) is 27.8 Å². The Balaban J connectivity index is 1.72. The third kappa shape index (κ3) is 3.89. The molecule has 0 spiro atoms. The van der Waals surface area contributed by atoms with Crippen LogP contribution in [0, 0.1) is 10.1 Å². The summed E-state index contributed by atoms with van der Waals surface area (Å²) in [5.74, 6) is 1.55. The minimum absolute atomic E-state index is 0.00453. The fraction of sp³-hybridized carbons (Fsp3) is 0.304. The second kappa shape index (κ2) is 8.59. The normalized spacial score (nSPS) is 16.5. The topological polar surface area (TPSA) is 69.8 Å². The molecular weight excluding hydrogens is 382 g/mol. The maximum atomic E-state index is 11.1. The summed E-state index contributed by atoms with van der Waals surface area (Å²) in [7, 11) is 3.31. The molecule has 1 unspecified atom stereocenters. The number of hydrogen-bond donors (Lipinski definition) is 0. The van der Waals surface area contributed by atoms with Gasteiger partial charge in [-0.2, -0.15) is 0 Å². The number of methoxy groups -OCH3 is 2. The summed E-state index contributed by atoms with van der Waals surface area (Å²) < 4.78 is 13.2. The number of rotatable bonds is 6. The molecule has 7 heteroatoms.